The van der Waals surface area contributed by atoms with Gasteiger partial charge in [0.05, 0.1) is 11.7 Å². The van der Waals surface area contributed by atoms with E-state index in [1.807, 2.05) is 0 Å². The lowest BCUT2D eigenvalue weighted by Crippen LogP contribution is -2.22. The Morgan fingerprint density at radius 1 is 1.62 bits per heavy atom. The van der Waals surface area contributed by atoms with Crippen LogP contribution in [0.5, 0.6) is 0 Å². The molecule has 1 heterocycles. The van der Waals surface area contributed by atoms with Crippen LogP contribution < -0.4 is 0 Å². The summed E-state index contributed by atoms with van der Waals surface area (Å²) in [7, 11) is 3.53. The second-order valence-corrected chi connectivity index (χ2v) is 5.54. The van der Waals surface area contributed by atoms with Gasteiger partial charge in [-0.05, 0) is 51.1 Å². The van der Waals surface area contributed by atoms with Crippen LogP contribution in [0.2, 0.25) is 0 Å². The van der Waals surface area contributed by atoms with Gasteiger partial charge in [-0.2, -0.15) is 0 Å². The molecular formula is C9H19NOS2. The monoisotopic (exact) mass is 221 g/mol. The van der Waals surface area contributed by atoms with E-state index in [2.05, 4.69) is 36.9 Å². The fourth-order valence-electron chi connectivity index (χ4n) is 1.65. The maximum atomic E-state index is 5.88. The Kier molecular flexibility index (Phi) is 4.42. The normalized spacial score (nSPS) is 27.0. The van der Waals surface area contributed by atoms with Gasteiger partial charge in [-0.15, -0.1) is 0 Å². The summed E-state index contributed by atoms with van der Waals surface area (Å²) in [6, 6.07) is 0. The molecule has 2 nitrogen and oxygen atoms in total. The zero-order valence-electron chi connectivity index (χ0n) is 8.62. The molecule has 1 rings (SSSR count). The van der Waals surface area contributed by atoms with Crippen molar-refractivity contribution in [1.29, 1.82) is 0 Å². The molecule has 0 aromatic heterocycles. The minimum absolute atomic E-state index is 0.108. The van der Waals surface area contributed by atoms with Crippen LogP contribution in [-0.2, 0) is 4.74 Å². The molecule has 0 aromatic rings. The molecule has 0 bridgehead atoms. The van der Waals surface area contributed by atoms with Gasteiger partial charge in [-0.3, -0.25) is 0 Å². The van der Waals surface area contributed by atoms with E-state index in [9.17, 15) is 0 Å². The van der Waals surface area contributed by atoms with Crippen LogP contribution in [0, 0.1) is 0 Å². The molecule has 0 aliphatic carbocycles. The minimum Gasteiger partial charge on any atom is -0.372 e. The van der Waals surface area contributed by atoms with Crippen LogP contribution in [-0.4, -0.2) is 29.6 Å². The number of ether oxygens (including phenoxy) is 1. The van der Waals surface area contributed by atoms with Crippen molar-refractivity contribution >= 4 is 22.6 Å². The molecule has 13 heavy (non-hydrogen) atoms. The quantitative estimate of drug-likeness (QED) is 0.445. The molecule has 1 unspecified atom stereocenters. The summed E-state index contributed by atoms with van der Waals surface area (Å²) in [4.78, 5) is 0. The van der Waals surface area contributed by atoms with Gasteiger partial charge in [0.2, 0.25) is 0 Å². The van der Waals surface area contributed by atoms with Gasteiger partial charge < -0.3 is 4.74 Å². The predicted octanol–water partition coefficient (Wildman–Crippen LogP) is 2.76. The summed E-state index contributed by atoms with van der Waals surface area (Å²) in [5.74, 6) is 0. The first-order valence-corrected chi connectivity index (χ1v) is 6.56. The maximum absolute atomic E-state index is 5.88. The Morgan fingerprint density at radius 3 is 2.77 bits per heavy atom. The number of thiol groups is 1. The van der Waals surface area contributed by atoms with Crippen molar-refractivity contribution in [2.45, 2.75) is 44.8 Å². The summed E-state index contributed by atoms with van der Waals surface area (Å²) in [6.45, 7) is 5.39. The number of hydrogen-bond acceptors (Lipinski definition) is 4. The highest BCUT2D eigenvalue weighted by molar-refractivity contribution is 8.67. The van der Waals surface area contributed by atoms with Crippen molar-refractivity contribution in [3.63, 3.8) is 0 Å². The first-order chi connectivity index (χ1) is 6.03. The van der Waals surface area contributed by atoms with Crippen LogP contribution in [0.4, 0.5) is 0 Å². The third-order valence-electron chi connectivity index (χ3n) is 2.46. The van der Waals surface area contributed by atoms with Gasteiger partial charge in [0.25, 0.3) is 0 Å². The molecule has 0 N–H and O–H groups in total. The summed E-state index contributed by atoms with van der Waals surface area (Å²) >= 11 is 4.13. The number of hydrogen-bond donors (Lipinski definition) is 1. The van der Waals surface area contributed by atoms with Crippen molar-refractivity contribution in [2.75, 3.05) is 13.6 Å². The molecule has 0 amide bonds. The molecular weight excluding hydrogens is 202 g/mol. The van der Waals surface area contributed by atoms with E-state index in [0.29, 0.717) is 6.10 Å². The van der Waals surface area contributed by atoms with E-state index in [4.69, 9.17) is 4.74 Å². The Balaban J connectivity index is 2.17. The Morgan fingerprint density at radius 2 is 2.31 bits per heavy atom. The van der Waals surface area contributed by atoms with E-state index in [-0.39, 0.29) is 5.60 Å². The molecule has 1 aliphatic heterocycles. The summed E-state index contributed by atoms with van der Waals surface area (Å²) < 4.78 is 8.01. The van der Waals surface area contributed by atoms with Crippen molar-refractivity contribution in [3.05, 3.63) is 0 Å². The van der Waals surface area contributed by atoms with E-state index in [1.54, 1.807) is 0 Å². The molecule has 78 valence electrons. The predicted molar refractivity (Wildman–Crippen MR) is 62.0 cm³/mol. The SMILES string of the molecule is CN(CCC1CCC(C)(C)O1)SS. The number of rotatable bonds is 4. The van der Waals surface area contributed by atoms with Gasteiger partial charge >= 0.3 is 0 Å². The van der Waals surface area contributed by atoms with Crippen molar-refractivity contribution in [3.8, 4) is 0 Å². The van der Waals surface area contributed by atoms with E-state index < -0.39 is 0 Å². The highest BCUT2D eigenvalue weighted by Crippen LogP contribution is 2.31. The Hall–Kier alpha value is 0.620. The lowest BCUT2D eigenvalue weighted by molar-refractivity contribution is -0.0190. The third kappa shape index (κ3) is 4.11. The molecule has 0 saturated carbocycles. The molecule has 1 aliphatic rings. The zero-order chi connectivity index (χ0) is 9.90. The van der Waals surface area contributed by atoms with Crippen LogP contribution in [0.1, 0.15) is 33.1 Å². The molecule has 0 radical (unpaired) electrons. The molecule has 1 saturated heterocycles. The van der Waals surface area contributed by atoms with Gasteiger partial charge in [-0.25, -0.2) is 4.31 Å². The second-order valence-electron chi connectivity index (χ2n) is 4.26. The maximum Gasteiger partial charge on any atom is 0.0631 e. The van der Waals surface area contributed by atoms with Crippen LogP contribution in [0.25, 0.3) is 0 Å². The standard InChI is InChI=1S/C9H19NOS2/c1-9(2)6-4-8(11-9)5-7-10(3)13-12/h8,12H,4-7H2,1-3H3. The average Bonchev–Trinajstić information content (AvgIpc) is 2.41. The van der Waals surface area contributed by atoms with E-state index in [1.165, 1.54) is 23.8 Å². The largest absolute Gasteiger partial charge is 0.372 e. The minimum atomic E-state index is 0.108. The van der Waals surface area contributed by atoms with Gasteiger partial charge in [0, 0.05) is 6.54 Å². The average molecular weight is 221 g/mol. The smallest absolute Gasteiger partial charge is 0.0631 e. The fraction of sp³-hybridized carbons (Fsp3) is 1.00. The van der Waals surface area contributed by atoms with E-state index in [0.717, 1.165) is 13.0 Å². The lowest BCUT2D eigenvalue weighted by atomic mass is 10.0. The molecule has 4 heteroatoms. The summed E-state index contributed by atoms with van der Waals surface area (Å²) in [5, 5.41) is 0. The first-order valence-electron chi connectivity index (χ1n) is 4.74. The second kappa shape index (κ2) is 4.91. The van der Waals surface area contributed by atoms with Crippen molar-refractivity contribution in [1.82, 2.24) is 4.31 Å². The summed E-state index contributed by atoms with van der Waals surface area (Å²) in [6.07, 6.45) is 3.97. The third-order valence-corrected chi connectivity index (χ3v) is 3.76. The van der Waals surface area contributed by atoms with Gasteiger partial charge in [0.15, 0.2) is 0 Å². The zero-order valence-corrected chi connectivity index (χ0v) is 10.3. The lowest BCUT2D eigenvalue weighted by Gasteiger charge is -2.20. The van der Waals surface area contributed by atoms with E-state index >= 15 is 0 Å². The highest BCUT2D eigenvalue weighted by atomic mass is 33.1. The fourth-order valence-corrected chi connectivity index (χ4v) is 2.08. The van der Waals surface area contributed by atoms with Gasteiger partial charge in [-0.1, -0.05) is 11.7 Å². The molecule has 1 fully saturated rings. The Labute approximate surface area is 90.3 Å². The molecule has 1 atom stereocenters. The van der Waals surface area contributed by atoms with Crippen LogP contribution >= 0.6 is 22.6 Å². The van der Waals surface area contributed by atoms with Crippen molar-refractivity contribution < 1.29 is 4.74 Å². The van der Waals surface area contributed by atoms with Crippen LogP contribution in [0.15, 0.2) is 0 Å². The molecule has 0 aromatic carbocycles. The summed E-state index contributed by atoms with van der Waals surface area (Å²) in [5.41, 5.74) is 0.108. The van der Waals surface area contributed by atoms with Crippen molar-refractivity contribution in [2.24, 2.45) is 0 Å². The topological polar surface area (TPSA) is 12.5 Å². The molecule has 0 spiro atoms. The Bertz CT molecular complexity index is 164. The van der Waals surface area contributed by atoms with Gasteiger partial charge in [0.1, 0.15) is 0 Å². The van der Waals surface area contributed by atoms with Crippen LogP contribution in [0.3, 0.4) is 0 Å². The highest BCUT2D eigenvalue weighted by Gasteiger charge is 2.31. The first kappa shape index (κ1) is 11.7. The number of nitrogens with zero attached hydrogens (tertiary/aromatic N) is 1.